The highest BCUT2D eigenvalue weighted by atomic mass is 16.2. The molecule has 19 heavy (non-hydrogen) atoms. The van der Waals surface area contributed by atoms with E-state index in [9.17, 15) is 4.79 Å². The fraction of sp³-hybridized carbons (Fsp3) is 0.714. The molecule has 5 heteroatoms. The minimum atomic E-state index is 0.154. The second-order valence-corrected chi connectivity index (χ2v) is 5.61. The van der Waals surface area contributed by atoms with Gasteiger partial charge in [0.25, 0.3) is 5.91 Å². The summed E-state index contributed by atoms with van der Waals surface area (Å²) in [5.74, 6) is 0.789. The number of piperidine rings is 1. The van der Waals surface area contributed by atoms with Gasteiger partial charge in [0.2, 0.25) is 0 Å². The first-order valence-electron chi connectivity index (χ1n) is 7.27. The lowest BCUT2D eigenvalue weighted by atomic mass is 9.92. The van der Waals surface area contributed by atoms with Crippen LogP contribution in [0.4, 0.5) is 0 Å². The largest absolute Gasteiger partial charge is 0.333 e. The van der Waals surface area contributed by atoms with Crippen molar-refractivity contribution < 1.29 is 4.79 Å². The van der Waals surface area contributed by atoms with Crippen molar-refractivity contribution in [3.8, 4) is 0 Å². The average Bonchev–Trinajstić information content (AvgIpc) is 3.03. The number of aromatic nitrogens is 2. The van der Waals surface area contributed by atoms with Crippen molar-refractivity contribution in [1.29, 1.82) is 0 Å². The quantitative estimate of drug-likeness (QED) is 0.866. The van der Waals surface area contributed by atoms with Crippen molar-refractivity contribution in [2.75, 3.05) is 19.6 Å². The molecular formula is C14H22N4O. The van der Waals surface area contributed by atoms with Gasteiger partial charge in [-0.2, -0.15) is 5.10 Å². The van der Waals surface area contributed by atoms with Gasteiger partial charge in [-0.1, -0.05) is 0 Å². The third-order valence-corrected chi connectivity index (χ3v) is 4.36. The predicted octanol–water partition coefficient (Wildman–Crippen LogP) is 1.04. The normalized spacial score (nSPS) is 26.5. The number of nitrogens with zero attached hydrogens (tertiary/aromatic N) is 3. The van der Waals surface area contributed by atoms with Crippen LogP contribution < -0.4 is 5.32 Å². The molecule has 0 aromatic carbocycles. The van der Waals surface area contributed by atoms with E-state index in [2.05, 4.69) is 15.3 Å². The van der Waals surface area contributed by atoms with Crippen LogP contribution in [-0.2, 0) is 6.54 Å². The first-order valence-corrected chi connectivity index (χ1v) is 7.27. The van der Waals surface area contributed by atoms with Crippen LogP contribution in [0.25, 0.3) is 0 Å². The summed E-state index contributed by atoms with van der Waals surface area (Å²) in [5.41, 5.74) is 1.66. The third kappa shape index (κ3) is 2.16. The van der Waals surface area contributed by atoms with Crippen LogP contribution in [0.15, 0.2) is 6.07 Å². The van der Waals surface area contributed by atoms with Gasteiger partial charge in [0, 0.05) is 32.2 Å². The molecule has 0 spiro atoms. The summed E-state index contributed by atoms with van der Waals surface area (Å²) in [5, 5.41) is 7.80. The summed E-state index contributed by atoms with van der Waals surface area (Å²) in [7, 11) is 0. The van der Waals surface area contributed by atoms with E-state index in [1.807, 2.05) is 24.6 Å². The number of amides is 1. The van der Waals surface area contributed by atoms with Crippen molar-refractivity contribution in [1.82, 2.24) is 20.0 Å². The third-order valence-electron chi connectivity index (χ3n) is 4.36. The van der Waals surface area contributed by atoms with E-state index in [4.69, 9.17) is 0 Å². The molecule has 2 aliphatic rings. The molecule has 1 N–H and O–H groups in total. The SMILES string of the molecule is CCn1nc(C)cc1C(=O)N1CCCC2CNCC21. The average molecular weight is 262 g/mol. The summed E-state index contributed by atoms with van der Waals surface area (Å²) in [6.07, 6.45) is 2.36. The molecular weight excluding hydrogens is 240 g/mol. The van der Waals surface area contributed by atoms with E-state index in [-0.39, 0.29) is 5.91 Å². The summed E-state index contributed by atoms with van der Waals surface area (Å²) >= 11 is 0. The second kappa shape index (κ2) is 4.96. The molecule has 3 heterocycles. The van der Waals surface area contributed by atoms with Crippen molar-refractivity contribution in [3.63, 3.8) is 0 Å². The second-order valence-electron chi connectivity index (χ2n) is 5.61. The number of rotatable bonds is 2. The molecule has 0 radical (unpaired) electrons. The lowest BCUT2D eigenvalue weighted by Gasteiger charge is -2.37. The number of nitrogens with one attached hydrogen (secondary N) is 1. The minimum absolute atomic E-state index is 0.154. The number of carbonyl (C=O) groups is 1. The maximum atomic E-state index is 12.8. The summed E-state index contributed by atoms with van der Waals surface area (Å²) in [6, 6.07) is 2.29. The minimum Gasteiger partial charge on any atom is -0.333 e. The predicted molar refractivity (Wildman–Crippen MR) is 73.1 cm³/mol. The van der Waals surface area contributed by atoms with Crippen LogP contribution in [0, 0.1) is 12.8 Å². The summed E-state index contributed by atoms with van der Waals surface area (Å²) in [6.45, 7) is 7.60. The fourth-order valence-corrected chi connectivity index (χ4v) is 3.43. The highest BCUT2D eigenvalue weighted by Crippen LogP contribution is 2.27. The van der Waals surface area contributed by atoms with Crippen LogP contribution >= 0.6 is 0 Å². The Morgan fingerprint density at radius 2 is 2.37 bits per heavy atom. The van der Waals surface area contributed by atoms with E-state index >= 15 is 0 Å². The van der Waals surface area contributed by atoms with E-state index in [1.165, 1.54) is 6.42 Å². The Hall–Kier alpha value is -1.36. The van der Waals surface area contributed by atoms with Crippen LogP contribution in [0.5, 0.6) is 0 Å². The smallest absolute Gasteiger partial charge is 0.272 e. The Kier molecular flexibility index (Phi) is 3.31. The molecule has 1 amide bonds. The first kappa shape index (κ1) is 12.7. The molecule has 0 saturated carbocycles. The Labute approximate surface area is 114 Å². The number of fused-ring (bicyclic) bond motifs is 1. The van der Waals surface area contributed by atoms with Crippen molar-refractivity contribution in [3.05, 3.63) is 17.5 Å². The standard InChI is InChI=1S/C14H22N4O/c1-3-18-12(7-10(2)16-18)14(19)17-6-4-5-11-8-15-9-13(11)17/h7,11,13,15H,3-6,8-9H2,1-2H3. The summed E-state index contributed by atoms with van der Waals surface area (Å²) < 4.78 is 1.82. The Morgan fingerprint density at radius 3 is 3.16 bits per heavy atom. The molecule has 1 aromatic heterocycles. The maximum Gasteiger partial charge on any atom is 0.272 e. The molecule has 0 bridgehead atoms. The van der Waals surface area contributed by atoms with Crippen molar-refractivity contribution in [2.45, 2.75) is 39.3 Å². The molecule has 104 valence electrons. The van der Waals surface area contributed by atoms with Crippen LogP contribution in [-0.4, -0.2) is 46.3 Å². The Bertz CT molecular complexity index is 482. The molecule has 5 nitrogen and oxygen atoms in total. The number of carbonyl (C=O) groups excluding carboxylic acids is 1. The van der Waals surface area contributed by atoms with Gasteiger partial charge in [-0.15, -0.1) is 0 Å². The number of likely N-dealkylation sites (tertiary alicyclic amines) is 1. The highest BCUT2D eigenvalue weighted by Gasteiger charge is 2.38. The van der Waals surface area contributed by atoms with Gasteiger partial charge >= 0.3 is 0 Å². The van der Waals surface area contributed by atoms with E-state index < -0.39 is 0 Å². The first-order chi connectivity index (χ1) is 9.20. The van der Waals surface area contributed by atoms with E-state index in [0.717, 1.165) is 44.0 Å². The zero-order valence-electron chi connectivity index (χ0n) is 11.7. The van der Waals surface area contributed by atoms with Crippen LogP contribution in [0.3, 0.4) is 0 Å². The van der Waals surface area contributed by atoms with Gasteiger partial charge in [0.05, 0.1) is 5.69 Å². The van der Waals surface area contributed by atoms with Gasteiger partial charge in [0.15, 0.2) is 0 Å². The number of aryl methyl sites for hydroxylation is 2. The monoisotopic (exact) mass is 262 g/mol. The fourth-order valence-electron chi connectivity index (χ4n) is 3.43. The van der Waals surface area contributed by atoms with Crippen LogP contribution in [0.2, 0.25) is 0 Å². The Morgan fingerprint density at radius 1 is 1.53 bits per heavy atom. The highest BCUT2D eigenvalue weighted by molar-refractivity contribution is 5.93. The lowest BCUT2D eigenvalue weighted by molar-refractivity contribution is 0.0562. The van der Waals surface area contributed by atoms with Crippen molar-refractivity contribution in [2.24, 2.45) is 5.92 Å². The number of hydrogen-bond acceptors (Lipinski definition) is 3. The molecule has 3 rings (SSSR count). The van der Waals surface area contributed by atoms with Gasteiger partial charge in [-0.05, 0) is 38.7 Å². The molecule has 1 aromatic rings. The molecule has 2 atom stereocenters. The van der Waals surface area contributed by atoms with Crippen molar-refractivity contribution >= 4 is 5.91 Å². The Balaban J connectivity index is 1.86. The zero-order valence-corrected chi connectivity index (χ0v) is 11.7. The van der Waals surface area contributed by atoms with Gasteiger partial charge in [0.1, 0.15) is 5.69 Å². The van der Waals surface area contributed by atoms with Gasteiger partial charge in [-0.3, -0.25) is 9.48 Å². The van der Waals surface area contributed by atoms with Gasteiger partial charge < -0.3 is 10.2 Å². The van der Waals surface area contributed by atoms with E-state index in [0.29, 0.717) is 12.0 Å². The molecule has 2 aliphatic heterocycles. The van der Waals surface area contributed by atoms with Gasteiger partial charge in [-0.25, -0.2) is 0 Å². The van der Waals surface area contributed by atoms with E-state index in [1.54, 1.807) is 0 Å². The maximum absolute atomic E-state index is 12.8. The zero-order chi connectivity index (χ0) is 13.4. The summed E-state index contributed by atoms with van der Waals surface area (Å²) in [4.78, 5) is 14.8. The lowest BCUT2D eigenvalue weighted by Crippen LogP contribution is -2.48. The topological polar surface area (TPSA) is 50.2 Å². The molecule has 2 unspecified atom stereocenters. The molecule has 2 saturated heterocycles. The number of hydrogen-bond donors (Lipinski definition) is 1. The molecule has 0 aliphatic carbocycles. The van der Waals surface area contributed by atoms with Crippen LogP contribution in [0.1, 0.15) is 35.9 Å². The molecule has 2 fully saturated rings.